The van der Waals surface area contributed by atoms with Crippen LogP contribution in [0.4, 0.5) is 4.39 Å². The van der Waals surface area contributed by atoms with Crippen LogP contribution in [-0.2, 0) is 6.42 Å². The molecule has 1 unspecified atom stereocenters. The van der Waals surface area contributed by atoms with Crippen LogP contribution in [0.3, 0.4) is 0 Å². The number of piperidine rings is 1. The van der Waals surface area contributed by atoms with Crippen LogP contribution in [0, 0.1) is 5.92 Å². The Morgan fingerprint density at radius 2 is 2.05 bits per heavy atom. The fourth-order valence-electron chi connectivity index (χ4n) is 2.92. The predicted molar refractivity (Wildman–Crippen MR) is 76.0 cm³/mol. The minimum atomic E-state index is -0.743. The van der Waals surface area contributed by atoms with E-state index in [0.717, 1.165) is 44.5 Å². The first-order chi connectivity index (χ1) is 9.24. The molecule has 1 aromatic rings. The van der Waals surface area contributed by atoms with Crippen molar-refractivity contribution >= 4 is 0 Å². The van der Waals surface area contributed by atoms with Crippen molar-refractivity contribution in [3.63, 3.8) is 0 Å². The van der Waals surface area contributed by atoms with Gasteiger partial charge in [0.1, 0.15) is 6.17 Å². The Kier molecular flexibility index (Phi) is 5.37. The van der Waals surface area contributed by atoms with Crippen LogP contribution in [0.2, 0.25) is 0 Å². The third-order valence-corrected chi connectivity index (χ3v) is 4.28. The van der Waals surface area contributed by atoms with Crippen molar-refractivity contribution in [2.45, 2.75) is 58.2 Å². The molecule has 2 heterocycles. The summed E-state index contributed by atoms with van der Waals surface area (Å²) < 4.78 is 16.3. The third-order valence-electron chi connectivity index (χ3n) is 4.28. The molecule has 0 spiro atoms. The van der Waals surface area contributed by atoms with Crippen LogP contribution in [0.1, 0.15) is 51.3 Å². The van der Waals surface area contributed by atoms with Crippen LogP contribution in [0.25, 0.3) is 0 Å². The van der Waals surface area contributed by atoms with Gasteiger partial charge in [-0.2, -0.15) is 5.10 Å². The second kappa shape index (κ2) is 7.04. The van der Waals surface area contributed by atoms with Gasteiger partial charge in [0.25, 0.3) is 0 Å². The Morgan fingerprint density at radius 3 is 2.68 bits per heavy atom. The van der Waals surface area contributed by atoms with Gasteiger partial charge < -0.3 is 5.32 Å². The van der Waals surface area contributed by atoms with Gasteiger partial charge in [0.2, 0.25) is 0 Å². The number of hydrogen-bond donors (Lipinski definition) is 1. The van der Waals surface area contributed by atoms with Gasteiger partial charge in [0.05, 0.1) is 11.7 Å². The lowest BCUT2D eigenvalue weighted by Crippen LogP contribution is -2.33. The minimum Gasteiger partial charge on any atom is -0.317 e. The maximum absolute atomic E-state index is 14.3. The summed E-state index contributed by atoms with van der Waals surface area (Å²) in [5.74, 6) is 0.208. The highest BCUT2D eigenvalue weighted by Crippen LogP contribution is 2.22. The van der Waals surface area contributed by atoms with Crippen molar-refractivity contribution in [2.75, 3.05) is 13.1 Å². The lowest BCUT2D eigenvalue weighted by Gasteiger charge is -2.25. The highest BCUT2D eigenvalue weighted by Gasteiger charge is 2.24. The van der Waals surface area contributed by atoms with Crippen molar-refractivity contribution in [3.05, 3.63) is 18.0 Å². The SMILES string of the molecule is CCC(CC)n1ccc(CC(F)C2CCNCC2)n1. The monoisotopic (exact) mass is 267 g/mol. The highest BCUT2D eigenvalue weighted by atomic mass is 19.1. The molecule has 0 saturated carbocycles. The van der Waals surface area contributed by atoms with Crippen LogP contribution in [0.5, 0.6) is 0 Å². The number of rotatable bonds is 6. The van der Waals surface area contributed by atoms with E-state index in [1.54, 1.807) is 0 Å². The molecule has 4 heteroatoms. The first-order valence-corrected chi connectivity index (χ1v) is 7.63. The molecule has 1 aliphatic rings. The Labute approximate surface area is 115 Å². The molecule has 1 aromatic heterocycles. The predicted octanol–water partition coefficient (Wildman–Crippen LogP) is 3.12. The lowest BCUT2D eigenvalue weighted by atomic mass is 9.91. The number of alkyl halides is 1. The van der Waals surface area contributed by atoms with Crippen LogP contribution in [0.15, 0.2) is 12.3 Å². The Balaban J connectivity index is 1.91. The van der Waals surface area contributed by atoms with E-state index in [1.165, 1.54) is 0 Å². The van der Waals surface area contributed by atoms with Crippen molar-refractivity contribution in [2.24, 2.45) is 5.92 Å². The normalized spacial score (nSPS) is 18.9. The van der Waals surface area contributed by atoms with Crippen molar-refractivity contribution in [3.8, 4) is 0 Å². The van der Waals surface area contributed by atoms with Gasteiger partial charge in [-0.3, -0.25) is 4.68 Å². The first-order valence-electron chi connectivity index (χ1n) is 7.63. The highest BCUT2D eigenvalue weighted by molar-refractivity contribution is 5.02. The van der Waals surface area contributed by atoms with E-state index in [4.69, 9.17) is 0 Å². The molecule has 1 aliphatic heterocycles. The molecular formula is C15H26FN3. The Hall–Kier alpha value is -0.900. The minimum absolute atomic E-state index is 0.208. The molecule has 19 heavy (non-hydrogen) atoms. The second-order valence-corrected chi connectivity index (χ2v) is 5.56. The average Bonchev–Trinajstić information content (AvgIpc) is 2.89. The molecule has 0 amide bonds. The van der Waals surface area contributed by atoms with E-state index in [0.29, 0.717) is 12.5 Å². The fraction of sp³-hybridized carbons (Fsp3) is 0.800. The van der Waals surface area contributed by atoms with Crippen molar-refractivity contribution < 1.29 is 4.39 Å². The zero-order valence-electron chi connectivity index (χ0n) is 12.1. The van der Waals surface area contributed by atoms with E-state index in [2.05, 4.69) is 24.3 Å². The van der Waals surface area contributed by atoms with Gasteiger partial charge >= 0.3 is 0 Å². The zero-order chi connectivity index (χ0) is 13.7. The number of hydrogen-bond acceptors (Lipinski definition) is 2. The molecule has 0 aliphatic carbocycles. The fourth-order valence-corrected chi connectivity index (χ4v) is 2.92. The zero-order valence-corrected chi connectivity index (χ0v) is 12.1. The molecule has 1 N–H and O–H groups in total. The summed E-state index contributed by atoms with van der Waals surface area (Å²) in [6.45, 7) is 6.24. The van der Waals surface area contributed by atoms with E-state index in [-0.39, 0.29) is 5.92 Å². The standard InChI is InChI=1S/C15H26FN3/c1-3-14(4-2)19-10-7-13(18-19)11-15(16)12-5-8-17-9-6-12/h7,10,12,14-15,17H,3-6,8-9,11H2,1-2H3. The van der Waals surface area contributed by atoms with Crippen LogP contribution < -0.4 is 5.32 Å². The Morgan fingerprint density at radius 1 is 1.37 bits per heavy atom. The summed E-state index contributed by atoms with van der Waals surface area (Å²) in [5, 5.41) is 7.83. The van der Waals surface area contributed by atoms with Crippen molar-refractivity contribution in [1.29, 1.82) is 0 Å². The smallest absolute Gasteiger partial charge is 0.109 e. The number of aromatic nitrogens is 2. The van der Waals surface area contributed by atoms with Gasteiger partial charge in [0.15, 0.2) is 0 Å². The van der Waals surface area contributed by atoms with Gasteiger partial charge in [-0.25, -0.2) is 4.39 Å². The maximum atomic E-state index is 14.3. The van der Waals surface area contributed by atoms with Gasteiger partial charge in [-0.15, -0.1) is 0 Å². The number of nitrogens with zero attached hydrogens (tertiary/aromatic N) is 2. The summed E-state index contributed by atoms with van der Waals surface area (Å²) in [5.41, 5.74) is 0.901. The van der Waals surface area contributed by atoms with E-state index < -0.39 is 6.17 Å². The van der Waals surface area contributed by atoms with Crippen LogP contribution in [-0.4, -0.2) is 29.0 Å². The molecule has 1 atom stereocenters. The lowest BCUT2D eigenvalue weighted by molar-refractivity contribution is 0.185. The molecule has 2 rings (SSSR count). The summed E-state index contributed by atoms with van der Waals surface area (Å²) in [7, 11) is 0. The molecule has 108 valence electrons. The molecule has 1 fully saturated rings. The molecular weight excluding hydrogens is 241 g/mol. The number of nitrogens with one attached hydrogen (secondary N) is 1. The summed E-state index contributed by atoms with van der Waals surface area (Å²) >= 11 is 0. The Bertz CT molecular complexity index is 367. The van der Waals surface area contributed by atoms with Gasteiger partial charge in [-0.1, -0.05) is 13.8 Å². The maximum Gasteiger partial charge on any atom is 0.109 e. The second-order valence-electron chi connectivity index (χ2n) is 5.56. The largest absolute Gasteiger partial charge is 0.317 e. The summed E-state index contributed by atoms with van der Waals surface area (Å²) in [6, 6.07) is 2.43. The first kappa shape index (κ1) is 14.5. The van der Waals surface area contributed by atoms with Gasteiger partial charge in [0, 0.05) is 12.6 Å². The van der Waals surface area contributed by atoms with E-state index in [1.807, 2.05) is 16.9 Å². The molecule has 3 nitrogen and oxygen atoms in total. The third kappa shape index (κ3) is 3.78. The molecule has 0 bridgehead atoms. The summed E-state index contributed by atoms with van der Waals surface area (Å²) in [6.07, 6.45) is 5.78. The van der Waals surface area contributed by atoms with Crippen molar-refractivity contribution in [1.82, 2.24) is 15.1 Å². The number of halogens is 1. The molecule has 0 aromatic carbocycles. The molecule has 1 saturated heterocycles. The topological polar surface area (TPSA) is 29.9 Å². The van der Waals surface area contributed by atoms with E-state index in [9.17, 15) is 4.39 Å². The van der Waals surface area contributed by atoms with Gasteiger partial charge in [-0.05, 0) is 50.8 Å². The summed E-state index contributed by atoms with van der Waals surface area (Å²) in [4.78, 5) is 0. The average molecular weight is 267 g/mol. The van der Waals surface area contributed by atoms with E-state index >= 15 is 0 Å². The van der Waals surface area contributed by atoms with Crippen LogP contribution >= 0.6 is 0 Å². The molecule has 0 radical (unpaired) electrons. The quantitative estimate of drug-likeness (QED) is 0.858.